The van der Waals surface area contributed by atoms with Crippen LogP contribution in [0.4, 0.5) is 5.82 Å². The van der Waals surface area contributed by atoms with Gasteiger partial charge in [-0.25, -0.2) is 0 Å². The maximum atomic E-state index is 12.5. The number of ether oxygens (including phenoxy) is 1. The van der Waals surface area contributed by atoms with Gasteiger partial charge in [-0.15, -0.1) is 0 Å². The molecule has 1 amide bonds. The predicted molar refractivity (Wildman–Crippen MR) is 160 cm³/mol. The molecule has 2 fully saturated rings. The summed E-state index contributed by atoms with van der Waals surface area (Å²) in [7, 11) is 2.14. The van der Waals surface area contributed by atoms with Crippen LogP contribution in [0.2, 0.25) is 10.0 Å². The first kappa shape index (κ1) is 28.3. The number of likely N-dealkylation sites (N-methyl/N-ethyl adjacent to an activating group) is 1. The molecule has 0 bridgehead atoms. The van der Waals surface area contributed by atoms with Crippen LogP contribution in [0.15, 0.2) is 24.8 Å². The van der Waals surface area contributed by atoms with E-state index in [1.54, 1.807) is 4.90 Å². The topological polar surface area (TPSA) is 85.6 Å². The second-order valence-corrected chi connectivity index (χ2v) is 12.9. The maximum absolute atomic E-state index is 12.5. The average molecular weight is 596 g/mol. The summed E-state index contributed by atoms with van der Waals surface area (Å²) in [6, 6.07) is 6.87. The molecule has 0 N–H and O–H groups in total. The third kappa shape index (κ3) is 5.52. The van der Waals surface area contributed by atoms with Gasteiger partial charge in [-0.1, -0.05) is 29.8 Å². The zero-order valence-corrected chi connectivity index (χ0v) is 25.1. The van der Waals surface area contributed by atoms with Crippen molar-refractivity contribution in [1.82, 2.24) is 19.8 Å². The normalized spacial score (nSPS) is 23.3. The smallest absolute Gasteiger partial charge is 0.318 e. The Balaban J connectivity index is 1.31. The fourth-order valence-electron chi connectivity index (χ4n) is 7.28. The van der Waals surface area contributed by atoms with E-state index in [4.69, 9.17) is 37.9 Å². The van der Waals surface area contributed by atoms with E-state index >= 15 is 0 Å². The first-order valence-corrected chi connectivity index (χ1v) is 15.3. The molecule has 10 heteroatoms. The van der Waals surface area contributed by atoms with Gasteiger partial charge in [-0.3, -0.25) is 4.79 Å². The van der Waals surface area contributed by atoms with E-state index in [0.717, 1.165) is 62.1 Å². The Morgan fingerprint density at radius 2 is 1.93 bits per heavy atom. The van der Waals surface area contributed by atoms with Crippen molar-refractivity contribution >= 4 is 34.9 Å². The quantitative estimate of drug-likeness (QED) is 0.450. The monoisotopic (exact) mass is 594 g/mol. The highest BCUT2D eigenvalue weighted by Gasteiger charge is 2.43. The van der Waals surface area contributed by atoms with Gasteiger partial charge in [0.15, 0.2) is 0 Å². The van der Waals surface area contributed by atoms with Crippen molar-refractivity contribution in [2.24, 2.45) is 5.41 Å². The van der Waals surface area contributed by atoms with Crippen LogP contribution >= 0.6 is 23.2 Å². The minimum absolute atomic E-state index is 0.0658. The van der Waals surface area contributed by atoms with E-state index < -0.39 is 0 Å². The van der Waals surface area contributed by atoms with Crippen molar-refractivity contribution in [2.45, 2.75) is 63.5 Å². The highest BCUT2D eigenvalue weighted by molar-refractivity contribution is 6.42. The molecule has 216 valence electrons. The van der Waals surface area contributed by atoms with Gasteiger partial charge >= 0.3 is 6.01 Å². The molecule has 2 saturated heterocycles. The Labute approximate surface area is 251 Å². The number of piperazine rings is 1. The number of carbonyl (C=O) groups excluding carboxylic acids is 1. The summed E-state index contributed by atoms with van der Waals surface area (Å²) in [5, 5.41) is 10.7. The van der Waals surface area contributed by atoms with Crippen molar-refractivity contribution < 1.29 is 9.53 Å². The van der Waals surface area contributed by atoms with Gasteiger partial charge in [0.05, 0.1) is 34.3 Å². The molecule has 6 rings (SSSR count). The largest absolute Gasteiger partial charge is 0.462 e. The van der Waals surface area contributed by atoms with Gasteiger partial charge in [0.25, 0.3) is 0 Å². The Kier molecular flexibility index (Phi) is 7.88. The molecule has 3 heterocycles. The van der Waals surface area contributed by atoms with E-state index in [0.29, 0.717) is 48.3 Å². The van der Waals surface area contributed by atoms with E-state index in [1.807, 2.05) is 12.1 Å². The number of benzene rings is 1. The number of halogens is 2. The van der Waals surface area contributed by atoms with Crippen molar-refractivity contribution in [1.29, 1.82) is 5.26 Å². The summed E-state index contributed by atoms with van der Waals surface area (Å²) < 4.78 is 6.30. The van der Waals surface area contributed by atoms with Gasteiger partial charge in [0, 0.05) is 31.2 Å². The third-order valence-corrected chi connectivity index (χ3v) is 10.2. The summed E-state index contributed by atoms with van der Waals surface area (Å²) in [4.78, 5) is 28.8. The van der Waals surface area contributed by atoms with Crippen LogP contribution in [0.1, 0.15) is 48.1 Å². The number of nitriles is 1. The predicted octanol–water partition coefficient (Wildman–Crippen LogP) is 4.65. The first-order chi connectivity index (χ1) is 19.8. The van der Waals surface area contributed by atoms with Gasteiger partial charge in [0.1, 0.15) is 12.4 Å². The molecule has 2 aliphatic carbocycles. The second kappa shape index (κ2) is 11.4. The maximum Gasteiger partial charge on any atom is 0.318 e. The number of aromatic nitrogens is 2. The van der Waals surface area contributed by atoms with Gasteiger partial charge in [-0.05, 0) is 93.3 Å². The minimum atomic E-state index is -0.227. The highest BCUT2D eigenvalue weighted by atomic mass is 35.5. The molecule has 0 radical (unpaired) electrons. The van der Waals surface area contributed by atoms with Gasteiger partial charge in [0.2, 0.25) is 5.91 Å². The minimum Gasteiger partial charge on any atom is -0.462 e. The summed E-state index contributed by atoms with van der Waals surface area (Å²) in [5.74, 6) is 0.747. The average Bonchev–Trinajstić information content (AvgIpc) is 3.52. The third-order valence-electron chi connectivity index (χ3n) is 9.51. The summed E-state index contributed by atoms with van der Waals surface area (Å²) >= 11 is 12.7. The van der Waals surface area contributed by atoms with Crippen LogP contribution in [0.25, 0.3) is 0 Å². The van der Waals surface area contributed by atoms with E-state index in [2.05, 4.69) is 29.5 Å². The number of rotatable bonds is 6. The van der Waals surface area contributed by atoms with Crippen molar-refractivity contribution in [3.05, 3.63) is 57.2 Å². The molecule has 0 saturated carbocycles. The van der Waals surface area contributed by atoms with E-state index in [9.17, 15) is 10.1 Å². The molecule has 2 aliphatic heterocycles. The van der Waals surface area contributed by atoms with Gasteiger partial charge in [-0.2, -0.15) is 15.2 Å². The van der Waals surface area contributed by atoms with Crippen LogP contribution in [0.3, 0.4) is 0 Å². The van der Waals surface area contributed by atoms with Crippen LogP contribution in [-0.4, -0.2) is 77.6 Å². The fourth-order valence-corrected chi connectivity index (χ4v) is 7.66. The summed E-state index contributed by atoms with van der Waals surface area (Å²) in [6.45, 7) is 6.97. The lowest BCUT2D eigenvalue weighted by Crippen LogP contribution is -2.55. The van der Waals surface area contributed by atoms with Gasteiger partial charge < -0.3 is 19.4 Å². The number of amides is 1. The van der Waals surface area contributed by atoms with Crippen LogP contribution in [0, 0.1) is 16.7 Å². The Bertz CT molecular complexity index is 1380. The van der Waals surface area contributed by atoms with Crippen LogP contribution in [0.5, 0.6) is 6.01 Å². The lowest BCUT2D eigenvalue weighted by atomic mass is 9.71. The molecule has 41 heavy (non-hydrogen) atoms. The zero-order chi connectivity index (χ0) is 28.7. The second-order valence-electron chi connectivity index (χ2n) is 12.1. The van der Waals surface area contributed by atoms with E-state index in [-0.39, 0.29) is 23.8 Å². The molecule has 1 aromatic carbocycles. The molecule has 2 aromatic rings. The van der Waals surface area contributed by atoms with Crippen molar-refractivity contribution in [3.8, 4) is 12.1 Å². The molecule has 4 aliphatic rings. The van der Waals surface area contributed by atoms with Crippen LogP contribution < -0.4 is 9.64 Å². The summed E-state index contributed by atoms with van der Waals surface area (Å²) in [6.07, 6.45) is 8.48. The molecule has 1 aromatic heterocycles. The molecule has 1 spiro atoms. The highest BCUT2D eigenvalue weighted by Crippen LogP contribution is 2.49. The SMILES string of the molecule is C=CC(=O)N1CCN(c2nc(OC[C@@H]3CCCN3C)nc3c2CCC2(Cc4cc(Cl)c(Cl)cc4C2)C3)C[C@@H]1CC#N. The van der Waals surface area contributed by atoms with Crippen LogP contribution in [-0.2, 0) is 30.5 Å². The molecule has 0 unspecified atom stereocenters. The number of hydrogen-bond donors (Lipinski definition) is 0. The lowest BCUT2D eigenvalue weighted by Gasteiger charge is -2.42. The fraction of sp³-hybridized carbons (Fsp3) is 0.548. The Hall–Kier alpha value is -2.86. The standard InChI is InChI=1S/C31H36Cl2N6O2/c1-3-28(40)39-12-11-38(18-22(39)7-9-34)29-24-6-8-31(15-20-13-25(32)26(33)14-21(20)16-31)17-27(24)35-30(36-29)41-19-23-5-4-10-37(23)2/h3,13-14,22-23H,1,4-8,10-12,15-19H2,2H3/t22-,23-/m0/s1. The number of anilines is 1. The number of fused-ring (bicyclic) bond motifs is 2. The van der Waals surface area contributed by atoms with E-state index in [1.165, 1.54) is 23.6 Å². The number of carbonyl (C=O) groups is 1. The molecule has 8 nitrogen and oxygen atoms in total. The Morgan fingerprint density at radius 1 is 1.17 bits per heavy atom. The summed E-state index contributed by atoms with van der Waals surface area (Å²) in [5.41, 5.74) is 4.83. The zero-order valence-electron chi connectivity index (χ0n) is 23.5. The number of likely N-dealkylation sites (tertiary alicyclic amines) is 1. The molecular formula is C31H36Cl2N6O2. The Morgan fingerprint density at radius 3 is 2.59 bits per heavy atom. The number of hydrogen-bond acceptors (Lipinski definition) is 7. The lowest BCUT2D eigenvalue weighted by molar-refractivity contribution is -0.128. The first-order valence-electron chi connectivity index (χ1n) is 14.5. The number of nitrogens with zero attached hydrogens (tertiary/aromatic N) is 6. The molecular weight excluding hydrogens is 559 g/mol. The molecule has 2 atom stereocenters. The van der Waals surface area contributed by atoms with Crippen molar-refractivity contribution in [2.75, 3.05) is 44.7 Å². The van der Waals surface area contributed by atoms with Crippen molar-refractivity contribution in [3.63, 3.8) is 0 Å².